The van der Waals surface area contributed by atoms with E-state index in [1.807, 2.05) is 43.0 Å². The van der Waals surface area contributed by atoms with Crippen molar-refractivity contribution in [3.63, 3.8) is 0 Å². The third-order valence-corrected chi connectivity index (χ3v) is 6.49. The van der Waals surface area contributed by atoms with Gasteiger partial charge in [-0.15, -0.1) is 0 Å². The highest BCUT2D eigenvalue weighted by atomic mass is 16.6. The molecular weight excluding hydrogens is 432 g/mol. The summed E-state index contributed by atoms with van der Waals surface area (Å²) in [5.41, 5.74) is 4.07. The molecule has 0 atom stereocenters. The van der Waals surface area contributed by atoms with Crippen molar-refractivity contribution in [1.29, 1.82) is 0 Å². The number of ether oxygens (including phenoxy) is 2. The molecule has 4 heterocycles. The average molecular weight is 461 g/mol. The van der Waals surface area contributed by atoms with E-state index in [9.17, 15) is 9.59 Å². The zero-order valence-electron chi connectivity index (χ0n) is 19.4. The number of fused-ring (bicyclic) bond motifs is 1. The topological polar surface area (TPSA) is 85.7 Å². The van der Waals surface area contributed by atoms with Crippen LogP contribution in [0.25, 0.3) is 5.69 Å². The van der Waals surface area contributed by atoms with Gasteiger partial charge in [-0.1, -0.05) is 0 Å². The van der Waals surface area contributed by atoms with E-state index >= 15 is 0 Å². The molecule has 176 valence electrons. The highest BCUT2D eigenvalue weighted by molar-refractivity contribution is 5.96. The van der Waals surface area contributed by atoms with Gasteiger partial charge in [0, 0.05) is 54.7 Å². The summed E-state index contributed by atoms with van der Waals surface area (Å²) in [6.45, 7) is 6.26. The minimum Gasteiger partial charge on any atom is -0.486 e. The predicted molar refractivity (Wildman–Crippen MR) is 127 cm³/mol. The first-order chi connectivity index (χ1) is 16.5. The number of nitrogens with one attached hydrogen (secondary N) is 1. The molecule has 5 rings (SSSR count). The summed E-state index contributed by atoms with van der Waals surface area (Å²) < 4.78 is 13.4. The molecule has 2 amide bonds. The fraction of sp³-hybridized carbons (Fsp3) is 0.346. The molecule has 1 N–H and O–H groups in total. The Balaban J connectivity index is 1.27. The molecule has 0 saturated carbocycles. The van der Waals surface area contributed by atoms with Crippen LogP contribution >= 0.6 is 0 Å². The van der Waals surface area contributed by atoms with Gasteiger partial charge in [0.05, 0.1) is 11.1 Å². The number of piperidine rings is 1. The Bertz CT molecular complexity index is 1210. The number of carbonyl (C=O) groups excluding carboxylic acids is 2. The Hall–Kier alpha value is -3.81. The van der Waals surface area contributed by atoms with Gasteiger partial charge in [0.1, 0.15) is 13.2 Å². The maximum absolute atomic E-state index is 13.4. The van der Waals surface area contributed by atoms with Crippen LogP contribution in [-0.4, -0.2) is 58.6 Å². The fourth-order valence-electron chi connectivity index (χ4n) is 4.71. The molecule has 1 fully saturated rings. The summed E-state index contributed by atoms with van der Waals surface area (Å²) in [6.07, 6.45) is 4.65. The first-order valence-electron chi connectivity index (χ1n) is 11.6. The highest BCUT2D eigenvalue weighted by Crippen LogP contribution is 2.33. The molecule has 2 aliphatic heterocycles. The first kappa shape index (κ1) is 22.0. The summed E-state index contributed by atoms with van der Waals surface area (Å²) in [7, 11) is 0. The normalized spacial score (nSPS) is 15.8. The average Bonchev–Trinajstić information content (AvgIpc) is 3.17. The maximum atomic E-state index is 13.4. The van der Waals surface area contributed by atoms with E-state index in [0.717, 1.165) is 41.4 Å². The van der Waals surface area contributed by atoms with Crippen LogP contribution in [0.1, 0.15) is 44.9 Å². The van der Waals surface area contributed by atoms with Gasteiger partial charge in [-0.25, -0.2) is 0 Å². The van der Waals surface area contributed by atoms with E-state index < -0.39 is 0 Å². The van der Waals surface area contributed by atoms with E-state index in [4.69, 9.17) is 9.47 Å². The number of pyridine rings is 1. The predicted octanol–water partition coefficient (Wildman–Crippen LogP) is 3.29. The molecule has 0 aliphatic carbocycles. The van der Waals surface area contributed by atoms with Gasteiger partial charge < -0.3 is 24.3 Å². The second kappa shape index (κ2) is 9.21. The molecule has 0 radical (unpaired) electrons. The molecule has 1 saturated heterocycles. The lowest BCUT2D eigenvalue weighted by atomic mass is 10.0. The number of nitrogens with zero attached hydrogens (tertiary/aromatic N) is 3. The van der Waals surface area contributed by atoms with Crippen LogP contribution in [0.15, 0.2) is 48.8 Å². The summed E-state index contributed by atoms with van der Waals surface area (Å²) >= 11 is 0. The van der Waals surface area contributed by atoms with E-state index in [2.05, 4.69) is 14.9 Å². The van der Waals surface area contributed by atoms with Gasteiger partial charge in [0.25, 0.3) is 11.8 Å². The first-order valence-corrected chi connectivity index (χ1v) is 11.6. The van der Waals surface area contributed by atoms with Gasteiger partial charge in [-0.3, -0.25) is 14.6 Å². The standard InChI is InChI=1S/C26H28N4O4/c1-17-14-22(18(2)30(17)21-5-6-23-24(15-21)34-13-12-33-23)26(32)29-10-7-20(8-11-29)28-25(31)19-4-3-9-27-16-19/h3-6,9,14-16,20H,7-8,10-13H2,1-2H3,(H,28,31). The van der Waals surface area contributed by atoms with Crippen LogP contribution in [0.4, 0.5) is 0 Å². The minimum absolute atomic E-state index is 0.0222. The van der Waals surface area contributed by atoms with Gasteiger partial charge in [0.15, 0.2) is 11.5 Å². The van der Waals surface area contributed by atoms with Gasteiger partial charge in [0.2, 0.25) is 0 Å². The van der Waals surface area contributed by atoms with Crippen molar-refractivity contribution >= 4 is 11.8 Å². The minimum atomic E-state index is -0.124. The van der Waals surface area contributed by atoms with Crippen LogP contribution in [-0.2, 0) is 0 Å². The lowest BCUT2D eigenvalue weighted by Crippen LogP contribution is -2.46. The molecule has 0 spiro atoms. The van der Waals surface area contributed by atoms with Gasteiger partial charge in [-0.05, 0) is 57.0 Å². The van der Waals surface area contributed by atoms with E-state index in [-0.39, 0.29) is 17.9 Å². The van der Waals surface area contributed by atoms with Crippen molar-refractivity contribution < 1.29 is 19.1 Å². The number of carbonyl (C=O) groups is 2. The Morgan fingerprint density at radius 2 is 1.79 bits per heavy atom. The Morgan fingerprint density at radius 3 is 2.53 bits per heavy atom. The van der Waals surface area contributed by atoms with Crippen molar-refractivity contribution in [2.45, 2.75) is 32.7 Å². The van der Waals surface area contributed by atoms with Crippen LogP contribution in [0, 0.1) is 13.8 Å². The Labute approximate surface area is 198 Å². The largest absolute Gasteiger partial charge is 0.486 e. The number of benzene rings is 1. The van der Waals surface area contributed by atoms with Crippen LogP contribution in [0.3, 0.4) is 0 Å². The highest BCUT2D eigenvalue weighted by Gasteiger charge is 2.27. The number of hydrogen-bond acceptors (Lipinski definition) is 5. The lowest BCUT2D eigenvalue weighted by Gasteiger charge is -2.32. The molecular formula is C26H28N4O4. The lowest BCUT2D eigenvalue weighted by molar-refractivity contribution is 0.0697. The summed E-state index contributed by atoms with van der Waals surface area (Å²) in [5, 5.41) is 3.06. The number of amides is 2. The van der Waals surface area contributed by atoms with E-state index in [0.29, 0.717) is 37.4 Å². The molecule has 2 aromatic heterocycles. The number of likely N-dealkylation sites (tertiary alicyclic amines) is 1. The van der Waals surface area contributed by atoms with Crippen LogP contribution in [0.5, 0.6) is 11.5 Å². The summed E-state index contributed by atoms with van der Waals surface area (Å²) in [5.74, 6) is 1.36. The summed E-state index contributed by atoms with van der Waals surface area (Å²) in [4.78, 5) is 31.7. The van der Waals surface area contributed by atoms with Crippen molar-refractivity contribution in [2.24, 2.45) is 0 Å². The second-order valence-corrected chi connectivity index (χ2v) is 8.73. The van der Waals surface area contributed by atoms with Crippen LogP contribution < -0.4 is 14.8 Å². The van der Waals surface area contributed by atoms with Crippen molar-refractivity contribution in [3.05, 3.63) is 71.3 Å². The smallest absolute Gasteiger partial charge is 0.255 e. The van der Waals surface area contributed by atoms with Gasteiger partial charge >= 0.3 is 0 Å². The Morgan fingerprint density at radius 1 is 1.03 bits per heavy atom. The number of aryl methyl sites for hydroxylation is 1. The van der Waals surface area contributed by atoms with Crippen molar-refractivity contribution in [1.82, 2.24) is 19.8 Å². The monoisotopic (exact) mass is 460 g/mol. The number of hydrogen-bond donors (Lipinski definition) is 1. The molecule has 0 unspecified atom stereocenters. The molecule has 8 heteroatoms. The number of aromatic nitrogens is 2. The third-order valence-electron chi connectivity index (χ3n) is 6.49. The van der Waals surface area contributed by atoms with Crippen LogP contribution in [0.2, 0.25) is 0 Å². The van der Waals surface area contributed by atoms with Crippen molar-refractivity contribution in [2.75, 3.05) is 26.3 Å². The summed E-state index contributed by atoms with van der Waals surface area (Å²) in [6, 6.07) is 11.3. The fourth-order valence-corrected chi connectivity index (χ4v) is 4.71. The zero-order valence-corrected chi connectivity index (χ0v) is 19.4. The molecule has 0 bridgehead atoms. The molecule has 2 aliphatic rings. The second-order valence-electron chi connectivity index (χ2n) is 8.73. The quantitative estimate of drug-likeness (QED) is 0.646. The van der Waals surface area contributed by atoms with E-state index in [1.165, 1.54) is 0 Å². The van der Waals surface area contributed by atoms with Crippen molar-refractivity contribution in [3.8, 4) is 17.2 Å². The van der Waals surface area contributed by atoms with Gasteiger partial charge in [-0.2, -0.15) is 0 Å². The zero-order chi connectivity index (χ0) is 23.7. The van der Waals surface area contributed by atoms with E-state index in [1.54, 1.807) is 24.5 Å². The maximum Gasteiger partial charge on any atom is 0.255 e. The SMILES string of the molecule is Cc1cc(C(=O)N2CCC(NC(=O)c3cccnc3)CC2)c(C)n1-c1ccc2c(c1)OCCO2. The third kappa shape index (κ3) is 4.23. The molecule has 1 aromatic carbocycles. The number of rotatable bonds is 4. The molecule has 3 aromatic rings. The molecule has 34 heavy (non-hydrogen) atoms. The Kier molecular flexibility index (Phi) is 5.96. The molecule has 8 nitrogen and oxygen atoms in total.